The van der Waals surface area contributed by atoms with Gasteiger partial charge < -0.3 is 14.7 Å². The van der Waals surface area contributed by atoms with Gasteiger partial charge in [0, 0.05) is 23.6 Å². The van der Waals surface area contributed by atoms with Gasteiger partial charge in [-0.1, -0.05) is 0 Å². The van der Waals surface area contributed by atoms with Gasteiger partial charge in [0.25, 0.3) is 5.91 Å². The van der Waals surface area contributed by atoms with Crippen LogP contribution in [0.5, 0.6) is 5.75 Å². The molecule has 0 aliphatic carbocycles. The van der Waals surface area contributed by atoms with Gasteiger partial charge in [0.05, 0.1) is 19.6 Å². The van der Waals surface area contributed by atoms with Crippen LogP contribution in [-0.4, -0.2) is 53.1 Å². The lowest BCUT2D eigenvalue weighted by Crippen LogP contribution is -2.47. The van der Waals surface area contributed by atoms with Gasteiger partial charge >= 0.3 is 5.97 Å². The highest BCUT2D eigenvalue weighted by atomic mass is 32.2. The molecule has 1 aliphatic heterocycles. The Morgan fingerprint density at radius 1 is 1.40 bits per heavy atom. The van der Waals surface area contributed by atoms with E-state index in [9.17, 15) is 9.59 Å². The molecule has 2 rings (SSSR count). The number of carboxylic acid groups (broad SMARTS) is 1. The number of carboxylic acids is 1. The summed E-state index contributed by atoms with van der Waals surface area (Å²) in [5.74, 6) is 1.23. The fourth-order valence-corrected chi connectivity index (χ4v) is 3.25. The Morgan fingerprint density at radius 3 is 2.70 bits per heavy atom. The van der Waals surface area contributed by atoms with Crippen LogP contribution in [-0.2, 0) is 4.79 Å². The molecule has 1 N–H and O–H groups in total. The maximum atomic E-state index is 12.5. The SMILES string of the molecule is COc1ccc(C(=O)N2CCSCC2CC(=O)O)cc1. The number of rotatable bonds is 4. The van der Waals surface area contributed by atoms with Gasteiger partial charge in [-0.25, -0.2) is 0 Å². The zero-order chi connectivity index (χ0) is 14.5. The lowest BCUT2D eigenvalue weighted by atomic mass is 10.1. The molecule has 1 aromatic rings. The molecule has 5 nitrogen and oxygen atoms in total. The smallest absolute Gasteiger partial charge is 0.305 e. The first-order valence-electron chi connectivity index (χ1n) is 6.36. The molecule has 0 aromatic heterocycles. The van der Waals surface area contributed by atoms with Crippen LogP contribution >= 0.6 is 11.8 Å². The highest BCUT2D eigenvalue weighted by molar-refractivity contribution is 7.99. The van der Waals surface area contributed by atoms with Gasteiger partial charge in [0.1, 0.15) is 5.75 Å². The molecular formula is C14H17NO4S. The number of hydrogen-bond donors (Lipinski definition) is 1. The molecule has 1 heterocycles. The van der Waals surface area contributed by atoms with E-state index in [1.807, 2.05) is 0 Å². The third kappa shape index (κ3) is 3.45. The summed E-state index contributed by atoms with van der Waals surface area (Å²) in [7, 11) is 1.57. The molecule has 1 fully saturated rings. The van der Waals surface area contributed by atoms with Crippen LogP contribution in [0.25, 0.3) is 0 Å². The lowest BCUT2D eigenvalue weighted by Gasteiger charge is -2.34. The molecule has 1 aliphatic rings. The van der Waals surface area contributed by atoms with Crippen molar-refractivity contribution in [3.05, 3.63) is 29.8 Å². The van der Waals surface area contributed by atoms with E-state index in [0.29, 0.717) is 23.6 Å². The number of thioether (sulfide) groups is 1. The van der Waals surface area contributed by atoms with Crippen molar-refractivity contribution in [2.45, 2.75) is 12.5 Å². The van der Waals surface area contributed by atoms with E-state index in [1.54, 1.807) is 48.0 Å². The first-order valence-corrected chi connectivity index (χ1v) is 7.52. The summed E-state index contributed by atoms with van der Waals surface area (Å²) in [6.07, 6.45) is -0.00506. The average molecular weight is 295 g/mol. The van der Waals surface area contributed by atoms with Crippen LogP contribution in [0.4, 0.5) is 0 Å². The Bertz CT molecular complexity index is 488. The molecule has 0 spiro atoms. The quantitative estimate of drug-likeness (QED) is 0.916. The van der Waals surface area contributed by atoms with Crippen LogP contribution in [0.1, 0.15) is 16.8 Å². The molecule has 1 saturated heterocycles. The third-order valence-electron chi connectivity index (χ3n) is 3.24. The lowest BCUT2D eigenvalue weighted by molar-refractivity contribution is -0.138. The van der Waals surface area contributed by atoms with Crippen molar-refractivity contribution in [1.29, 1.82) is 0 Å². The van der Waals surface area contributed by atoms with Gasteiger partial charge in [-0.15, -0.1) is 0 Å². The van der Waals surface area contributed by atoms with E-state index >= 15 is 0 Å². The zero-order valence-corrected chi connectivity index (χ0v) is 12.1. The molecule has 0 radical (unpaired) electrons. The van der Waals surface area contributed by atoms with Crippen molar-refractivity contribution in [3.8, 4) is 5.75 Å². The molecule has 1 amide bonds. The standard InChI is InChI=1S/C14H17NO4S/c1-19-12-4-2-10(3-5-12)14(18)15-6-7-20-9-11(15)8-13(16)17/h2-5,11H,6-9H2,1H3,(H,16,17). The predicted molar refractivity (Wildman–Crippen MR) is 77.4 cm³/mol. The monoisotopic (exact) mass is 295 g/mol. The zero-order valence-electron chi connectivity index (χ0n) is 11.2. The van der Waals surface area contributed by atoms with E-state index in [-0.39, 0.29) is 18.4 Å². The van der Waals surface area contributed by atoms with Crippen LogP contribution < -0.4 is 4.74 Å². The van der Waals surface area contributed by atoms with Crippen molar-refractivity contribution in [1.82, 2.24) is 4.90 Å². The van der Waals surface area contributed by atoms with E-state index in [1.165, 1.54) is 0 Å². The molecule has 1 atom stereocenters. The Morgan fingerprint density at radius 2 is 2.10 bits per heavy atom. The first-order chi connectivity index (χ1) is 9.61. The average Bonchev–Trinajstić information content (AvgIpc) is 2.46. The molecule has 1 aromatic carbocycles. The van der Waals surface area contributed by atoms with Gasteiger partial charge in [0.15, 0.2) is 0 Å². The number of aliphatic carboxylic acids is 1. The normalized spacial score (nSPS) is 18.6. The predicted octanol–water partition coefficient (Wildman–Crippen LogP) is 1.73. The second-order valence-electron chi connectivity index (χ2n) is 4.55. The van der Waals surface area contributed by atoms with Crippen molar-refractivity contribution < 1.29 is 19.4 Å². The third-order valence-corrected chi connectivity index (χ3v) is 4.33. The number of amides is 1. The fraction of sp³-hybridized carbons (Fsp3) is 0.429. The maximum absolute atomic E-state index is 12.5. The van der Waals surface area contributed by atoms with Gasteiger partial charge in [-0.3, -0.25) is 9.59 Å². The Kier molecular flexibility index (Phi) is 4.89. The van der Waals surface area contributed by atoms with Crippen molar-refractivity contribution in [3.63, 3.8) is 0 Å². The van der Waals surface area contributed by atoms with Crippen molar-refractivity contribution in [2.75, 3.05) is 25.2 Å². The molecule has 6 heteroatoms. The molecule has 0 saturated carbocycles. The summed E-state index contributed by atoms with van der Waals surface area (Å²) < 4.78 is 5.06. The van der Waals surface area contributed by atoms with Crippen LogP contribution in [0.15, 0.2) is 24.3 Å². The molecule has 108 valence electrons. The number of nitrogens with zero attached hydrogens (tertiary/aromatic N) is 1. The summed E-state index contributed by atoms with van der Waals surface area (Å²) in [5.41, 5.74) is 0.563. The molecular weight excluding hydrogens is 278 g/mol. The number of benzene rings is 1. The Balaban J connectivity index is 2.13. The summed E-state index contributed by atoms with van der Waals surface area (Å²) in [6.45, 7) is 0.591. The number of ether oxygens (including phenoxy) is 1. The summed E-state index contributed by atoms with van der Waals surface area (Å²) in [4.78, 5) is 25.0. The fourth-order valence-electron chi connectivity index (χ4n) is 2.19. The summed E-state index contributed by atoms with van der Waals surface area (Å²) in [5, 5.41) is 8.94. The van der Waals surface area contributed by atoms with Gasteiger partial charge in [-0.2, -0.15) is 11.8 Å². The second-order valence-corrected chi connectivity index (χ2v) is 5.70. The van der Waals surface area contributed by atoms with Crippen LogP contribution in [0, 0.1) is 0 Å². The van der Waals surface area contributed by atoms with Crippen LogP contribution in [0.3, 0.4) is 0 Å². The first kappa shape index (κ1) is 14.7. The van der Waals surface area contributed by atoms with E-state index in [0.717, 1.165) is 5.75 Å². The molecule has 0 bridgehead atoms. The largest absolute Gasteiger partial charge is 0.497 e. The van der Waals surface area contributed by atoms with Crippen molar-refractivity contribution >= 4 is 23.6 Å². The van der Waals surface area contributed by atoms with Gasteiger partial charge in [-0.05, 0) is 24.3 Å². The topological polar surface area (TPSA) is 66.8 Å². The van der Waals surface area contributed by atoms with Crippen molar-refractivity contribution in [2.24, 2.45) is 0 Å². The number of carbonyl (C=O) groups is 2. The van der Waals surface area contributed by atoms with Gasteiger partial charge in [0.2, 0.25) is 0 Å². The van der Waals surface area contributed by atoms with E-state index in [2.05, 4.69) is 0 Å². The van der Waals surface area contributed by atoms with E-state index < -0.39 is 5.97 Å². The second kappa shape index (κ2) is 6.65. The van der Waals surface area contributed by atoms with E-state index in [4.69, 9.17) is 9.84 Å². The summed E-state index contributed by atoms with van der Waals surface area (Å²) >= 11 is 1.69. The number of hydrogen-bond acceptors (Lipinski definition) is 4. The minimum absolute atomic E-state index is 0.00506. The van der Waals surface area contributed by atoms with Crippen LogP contribution in [0.2, 0.25) is 0 Å². The minimum Gasteiger partial charge on any atom is -0.497 e. The minimum atomic E-state index is -0.870. The number of carbonyl (C=O) groups excluding carboxylic acids is 1. The summed E-state index contributed by atoms with van der Waals surface area (Å²) in [6, 6.07) is 6.65. The molecule has 20 heavy (non-hydrogen) atoms. The highest BCUT2D eigenvalue weighted by Crippen LogP contribution is 2.22. The maximum Gasteiger partial charge on any atom is 0.305 e. The molecule has 1 unspecified atom stereocenters. The number of methoxy groups -OCH3 is 1. The Hall–Kier alpha value is -1.69. The highest BCUT2D eigenvalue weighted by Gasteiger charge is 2.29. The Labute approximate surface area is 121 Å².